The van der Waals surface area contributed by atoms with Crippen molar-refractivity contribution in [3.05, 3.63) is 21.8 Å². The van der Waals surface area contributed by atoms with E-state index in [2.05, 4.69) is 22.9 Å². The van der Waals surface area contributed by atoms with Gasteiger partial charge in [-0.3, -0.25) is 10.2 Å². The highest BCUT2D eigenvalue weighted by Crippen LogP contribution is 2.23. The van der Waals surface area contributed by atoms with E-state index in [9.17, 15) is 4.79 Å². The van der Waals surface area contributed by atoms with Gasteiger partial charge in [0.25, 0.3) is 0 Å². The van der Waals surface area contributed by atoms with Crippen LogP contribution in [0.3, 0.4) is 0 Å². The van der Waals surface area contributed by atoms with Crippen molar-refractivity contribution in [3.8, 4) is 0 Å². The Morgan fingerprint density at radius 2 is 2.21 bits per heavy atom. The summed E-state index contributed by atoms with van der Waals surface area (Å²) in [6, 6.07) is 0. The Labute approximate surface area is 91.7 Å². The van der Waals surface area contributed by atoms with Gasteiger partial charge in [0.2, 0.25) is 5.78 Å². The van der Waals surface area contributed by atoms with Crippen LogP contribution >= 0.6 is 15.9 Å². The van der Waals surface area contributed by atoms with Crippen molar-refractivity contribution in [3.63, 3.8) is 0 Å². The molecule has 3 N–H and O–H groups in total. The van der Waals surface area contributed by atoms with Gasteiger partial charge in [-0.2, -0.15) is 0 Å². The Bertz CT molecular complexity index is 338. The first-order valence-corrected chi connectivity index (χ1v) is 5.36. The second kappa shape index (κ2) is 4.55. The van der Waals surface area contributed by atoms with Gasteiger partial charge in [-0.15, -0.1) is 0 Å². The van der Waals surface area contributed by atoms with Crippen LogP contribution in [0, 0.1) is 5.41 Å². The van der Waals surface area contributed by atoms with E-state index in [1.165, 1.54) is 0 Å². The van der Waals surface area contributed by atoms with Gasteiger partial charge in [0, 0.05) is 0 Å². The smallest absolute Gasteiger partial charge is 0.219 e. The molecule has 0 heterocycles. The summed E-state index contributed by atoms with van der Waals surface area (Å²) >= 11 is 3.13. The second-order valence-corrected chi connectivity index (χ2v) is 4.09. The van der Waals surface area contributed by atoms with Crippen LogP contribution in [0.5, 0.6) is 0 Å². The predicted octanol–water partition coefficient (Wildman–Crippen LogP) is 2.27. The highest BCUT2D eigenvalue weighted by molar-refractivity contribution is 9.12. The number of nitrogens with one attached hydrogen (secondary N) is 1. The third-order valence-corrected chi connectivity index (χ3v) is 2.75. The molecule has 0 aromatic heterocycles. The number of carbonyl (C=O) groups is 1. The van der Waals surface area contributed by atoms with E-state index < -0.39 is 0 Å². The number of Topliss-reactive ketones (excluding diaryl/α,β-unsaturated/α-hetero) is 1. The molecule has 0 atom stereocenters. The van der Waals surface area contributed by atoms with Crippen molar-refractivity contribution in [1.29, 1.82) is 5.41 Å². The van der Waals surface area contributed by atoms with Crippen molar-refractivity contribution in [2.24, 2.45) is 5.73 Å². The van der Waals surface area contributed by atoms with Crippen LogP contribution < -0.4 is 5.73 Å². The number of unbranched alkanes of at least 4 members (excludes halogenated alkanes) is 1. The highest BCUT2D eigenvalue weighted by Gasteiger charge is 2.22. The summed E-state index contributed by atoms with van der Waals surface area (Å²) in [4.78, 5) is 11.3. The van der Waals surface area contributed by atoms with Crippen molar-refractivity contribution >= 4 is 27.4 Å². The van der Waals surface area contributed by atoms with Crippen molar-refractivity contribution < 1.29 is 4.79 Å². The summed E-state index contributed by atoms with van der Waals surface area (Å²) in [6.07, 6.45) is 4.65. The van der Waals surface area contributed by atoms with Gasteiger partial charge in [-0.25, -0.2) is 0 Å². The average Bonchev–Trinajstić information content (AvgIpc) is 2.18. The molecular weight excluding hydrogens is 244 g/mol. The summed E-state index contributed by atoms with van der Waals surface area (Å²) < 4.78 is 0.433. The quantitative estimate of drug-likeness (QED) is 0.761. The van der Waals surface area contributed by atoms with Gasteiger partial charge in [0.15, 0.2) is 0 Å². The van der Waals surface area contributed by atoms with Gasteiger partial charge in [-0.1, -0.05) is 13.3 Å². The lowest BCUT2D eigenvalue weighted by molar-refractivity contribution is -0.109. The highest BCUT2D eigenvalue weighted by atomic mass is 79.9. The normalized spacial score (nSPS) is 17.4. The first-order valence-electron chi connectivity index (χ1n) is 4.57. The zero-order valence-electron chi connectivity index (χ0n) is 8.06. The minimum Gasteiger partial charge on any atom is -0.397 e. The van der Waals surface area contributed by atoms with Gasteiger partial charge in [0.05, 0.1) is 10.2 Å². The van der Waals surface area contributed by atoms with E-state index in [1.54, 1.807) is 6.08 Å². The molecule has 3 nitrogen and oxygen atoms in total. The monoisotopic (exact) mass is 256 g/mol. The fourth-order valence-corrected chi connectivity index (χ4v) is 1.75. The number of halogens is 1. The number of allylic oxidation sites excluding steroid dienone is 4. The Morgan fingerprint density at radius 1 is 1.57 bits per heavy atom. The largest absolute Gasteiger partial charge is 0.397 e. The summed E-state index contributed by atoms with van der Waals surface area (Å²) in [7, 11) is 0. The van der Waals surface area contributed by atoms with Gasteiger partial charge in [-0.05, 0) is 40.4 Å². The van der Waals surface area contributed by atoms with Crippen LogP contribution in [0.4, 0.5) is 0 Å². The number of rotatable bonds is 3. The topological polar surface area (TPSA) is 66.9 Å². The molecule has 76 valence electrons. The summed E-state index contributed by atoms with van der Waals surface area (Å²) in [5, 5.41) is 7.49. The van der Waals surface area contributed by atoms with Crippen LogP contribution in [0.15, 0.2) is 21.8 Å². The molecule has 0 amide bonds. The fourth-order valence-electron chi connectivity index (χ4n) is 1.27. The van der Waals surface area contributed by atoms with Gasteiger partial charge < -0.3 is 5.73 Å². The van der Waals surface area contributed by atoms with Crippen molar-refractivity contribution in [1.82, 2.24) is 0 Å². The van der Waals surface area contributed by atoms with Crippen LogP contribution in [-0.2, 0) is 4.79 Å². The maximum absolute atomic E-state index is 11.3. The molecule has 0 unspecified atom stereocenters. The Morgan fingerprint density at radius 3 is 2.79 bits per heavy atom. The molecule has 0 bridgehead atoms. The number of ketones is 1. The zero-order valence-corrected chi connectivity index (χ0v) is 9.65. The minimum absolute atomic E-state index is 0.0921. The van der Waals surface area contributed by atoms with E-state index in [-0.39, 0.29) is 11.5 Å². The third-order valence-electron chi connectivity index (χ3n) is 2.16. The number of carbonyl (C=O) groups excluding carboxylic acids is 1. The summed E-state index contributed by atoms with van der Waals surface area (Å²) in [6.45, 7) is 2.09. The van der Waals surface area contributed by atoms with E-state index >= 15 is 0 Å². The molecule has 1 rings (SSSR count). The number of hydrogen-bond acceptors (Lipinski definition) is 3. The Hall–Kier alpha value is -0.900. The molecular formula is C10H13BrN2O. The summed E-state index contributed by atoms with van der Waals surface area (Å²) in [5.41, 5.74) is 6.81. The van der Waals surface area contributed by atoms with E-state index in [4.69, 9.17) is 11.1 Å². The van der Waals surface area contributed by atoms with E-state index in [0.717, 1.165) is 24.8 Å². The first-order chi connectivity index (χ1) is 6.57. The van der Waals surface area contributed by atoms with Gasteiger partial charge in [0.1, 0.15) is 5.71 Å². The second-order valence-electron chi connectivity index (χ2n) is 3.24. The maximum atomic E-state index is 11.3. The maximum Gasteiger partial charge on any atom is 0.219 e. The Kier molecular flexibility index (Phi) is 3.63. The SMILES string of the molecule is CCCCC1=C(N)C(=N)C(=O)C(Br)=C1. The minimum atomic E-state index is -0.331. The van der Waals surface area contributed by atoms with Crippen molar-refractivity contribution in [2.45, 2.75) is 26.2 Å². The molecule has 0 aromatic rings. The van der Waals surface area contributed by atoms with Crippen LogP contribution in [-0.4, -0.2) is 11.5 Å². The van der Waals surface area contributed by atoms with E-state index in [0.29, 0.717) is 10.2 Å². The molecule has 1 aliphatic rings. The number of nitrogens with two attached hydrogens (primary N) is 1. The molecule has 4 heteroatoms. The molecule has 0 aromatic carbocycles. The molecule has 0 spiro atoms. The van der Waals surface area contributed by atoms with Crippen LogP contribution in [0.2, 0.25) is 0 Å². The standard InChI is InChI=1S/C10H13BrN2O/c1-2-3-4-6-5-7(11)10(14)9(13)8(6)12/h5,13H,2-4,12H2,1H3. The predicted molar refractivity (Wildman–Crippen MR) is 60.5 cm³/mol. The molecule has 0 radical (unpaired) electrons. The molecule has 0 aliphatic heterocycles. The first kappa shape index (κ1) is 11.2. The average molecular weight is 257 g/mol. The Balaban J connectivity index is 2.93. The van der Waals surface area contributed by atoms with Gasteiger partial charge >= 0.3 is 0 Å². The molecule has 0 fully saturated rings. The van der Waals surface area contributed by atoms with E-state index in [1.807, 2.05) is 0 Å². The van der Waals surface area contributed by atoms with Crippen molar-refractivity contribution in [2.75, 3.05) is 0 Å². The lowest BCUT2D eigenvalue weighted by Crippen LogP contribution is -2.25. The molecule has 0 saturated carbocycles. The third kappa shape index (κ3) is 2.12. The van der Waals surface area contributed by atoms with Crippen LogP contribution in [0.25, 0.3) is 0 Å². The molecule has 14 heavy (non-hydrogen) atoms. The fraction of sp³-hybridized carbons (Fsp3) is 0.400. The lowest BCUT2D eigenvalue weighted by atomic mass is 9.97. The zero-order chi connectivity index (χ0) is 10.7. The van der Waals surface area contributed by atoms with Crippen LogP contribution in [0.1, 0.15) is 26.2 Å². The summed E-state index contributed by atoms with van der Waals surface area (Å²) in [5.74, 6) is -0.331. The molecule has 1 aliphatic carbocycles. The molecule has 0 saturated heterocycles. The number of hydrogen-bond donors (Lipinski definition) is 2. The lowest BCUT2D eigenvalue weighted by Gasteiger charge is -2.14.